The van der Waals surface area contributed by atoms with Crippen LogP contribution in [-0.4, -0.2) is 9.13 Å². The molecule has 7 aromatic carbocycles. The molecule has 1 unspecified atom stereocenters. The Morgan fingerprint density at radius 3 is 1.90 bits per heavy atom. The maximum absolute atomic E-state index is 9.59. The number of nitrogens with zero attached hydrogens (tertiary/aromatic N) is 3. The zero-order chi connectivity index (χ0) is 31.6. The summed E-state index contributed by atoms with van der Waals surface area (Å²) in [5.74, 6) is 0. The molecule has 0 aliphatic carbocycles. The van der Waals surface area contributed by atoms with Gasteiger partial charge in [-0.2, -0.15) is 5.26 Å². The maximum atomic E-state index is 9.59. The van der Waals surface area contributed by atoms with Crippen LogP contribution in [0.15, 0.2) is 161 Å². The predicted octanol–water partition coefficient (Wildman–Crippen LogP) is 10.9. The second-order valence-corrected chi connectivity index (χ2v) is 13.8. The van der Waals surface area contributed by atoms with E-state index in [2.05, 4.69) is 155 Å². The van der Waals surface area contributed by atoms with E-state index in [-0.39, 0.29) is 0 Å². The Morgan fingerprint density at radius 1 is 0.479 bits per heavy atom. The zero-order valence-corrected chi connectivity index (χ0v) is 26.5. The van der Waals surface area contributed by atoms with Gasteiger partial charge in [-0.25, -0.2) is 0 Å². The summed E-state index contributed by atoms with van der Waals surface area (Å²) in [6, 6.07) is 57.5. The number of rotatable bonds is 1. The molecule has 0 amide bonds. The largest absolute Gasteiger partial charge is 0.309 e. The quantitative estimate of drug-likeness (QED) is 0.181. The molecule has 222 valence electrons. The van der Waals surface area contributed by atoms with E-state index in [0.29, 0.717) is 5.56 Å². The molecule has 11 rings (SSSR count). The van der Waals surface area contributed by atoms with Crippen molar-refractivity contribution in [2.45, 2.75) is 15.2 Å². The molecule has 0 saturated carbocycles. The van der Waals surface area contributed by atoms with Gasteiger partial charge in [-0.05, 0) is 70.8 Å². The Hall–Kier alpha value is -6.02. The molecule has 48 heavy (non-hydrogen) atoms. The van der Waals surface area contributed by atoms with Crippen LogP contribution in [0.5, 0.6) is 0 Å². The minimum Gasteiger partial charge on any atom is -0.309 e. The van der Waals surface area contributed by atoms with Gasteiger partial charge in [-0.1, -0.05) is 115 Å². The number of aromatic nitrogens is 2. The topological polar surface area (TPSA) is 33.6 Å². The molecule has 4 heterocycles. The van der Waals surface area contributed by atoms with E-state index in [1.165, 1.54) is 75.8 Å². The van der Waals surface area contributed by atoms with E-state index < -0.39 is 5.41 Å². The van der Waals surface area contributed by atoms with Crippen molar-refractivity contribution in [1.82, 2.24) is 9.13 Å². The van der Waals surface area contributed by atoms with Crippen molar-refractivity contribution in [2.24, 2.45) is 0 Å². The molecular weight excluding hydrogens is 603 g/mol. The Balaban J connectivity index is 1.37. The summed E-state index contributed by atoms with van der Waals surface area (Å²) in [4.78, 5) is 2.54. The first-order valence-corrected chi connectivity index (χ1v) is 17.1. The minimum atomic E-state index is -0.544. The first kappa shape index (κ1) is 26.1. The Labute approximate surface area is 280 Å². The third kappa shape index (κ3) is 3.06. The summed E-state index contributed by atoms with van der Waals surface area (Å²) < 4.78 is 4.91. The van der Waals surface area contributed by atoms with Gasteiger partial charge in [0.1, 0.15) is 0 Å². The summed E-state index contributed by atoms with van der Waals surface area (Å²) in [6.45, 7) is 0. The third-order valence-corrected chi connectivity index (χ3v) is 11.8. The minimum absolute atomic E-state index is 0.544. The van der Waals surface area contributed by atoms with Gasteiger partial charge in [0, 0.05) is 37.0 Å². The van der Waals surface area contributed by atoms with Crippen LogP contribution in [0.1, 0.15) is 27.8 Å². The predicted molar refractivity (Wildman–Crippen MR) is 196 cm³/mol. The van der Waals surface area contributed by atoms with Crippen LogP contribution < -0.4 is 0 Å². The van der Waals surface area contributed by atoms with E-state index in [0.717, 1.165) is 11.2 Å². The van der Waals surface area contributed by atoms with Crippen LogP contribution in [0.4, 0.5) is 0 Å². The first-order valence-electron chi connectivity index (χ1n) is 16.3. The highest BCUT2D eigenvalue weighted by Gasteiger charge is 2.50. The fraction of sp³-hybridized carbons (Fsp3) is 0.0227. The number of nitriles is 1. The van der Waals surface area contributed by atoms with E-state index in [4.69, 9.17) is 0 Å². The van der Waals surface area contributed by atoms with E-state index in [1.54, 1.807) is 0 Å². The number of para-hydroxylation sites is 4. The lowest BCUT2D eigenvalue weighted by Gasteiger charge is -2.45. The van der Waals surface area contributed by atoms with E-state index >= 15 is 0 Å². The molecule has 0 bridgehead atoms. The molecule has 1 atom stereocenters. The number of hydrogen-bond acceptors (Lipinski definition) is 2. The van der Waals surface area contributed by atoms with E-state index in [9.17, 15) is 5.26 Å². The summed E-state index contributed by atoms with van der Waals surface area (Å²) in [7, 11) is 0. The van der Waals surface area contributed by atoms with Crippen molar-refractivity contribution in [1.29, 1.82) is 5.26 Å². The maximum Gasteiger partial charge on any atom is 0.0991 e. The average Bonchev–Trinajstić information content (AvgIpc) is 3.68. The van der Waals surface area contributed by atoms with Gasteiger partial charge in [-0.15, -0.1) is 0 Å². The van der Waals surface area contributed by atoms with Gasteiger partial charge in [0.15, 0.2) is 0 Å². The third-order valence-electron chi connectivity index (χ3n) is 10.6. The molecule has 1 spiro atoms. The Bertz CT molecular complexity index is 2880. The van der Waals surface area contributed by atoms with Crippen LogP contribution in [0.25, 0.3) is 55.0 Å². The average molecular weight is 628 g/mol. The van der Waals surface area contributed by atoms with Crippen LogP contribution in [0.2, 0.25) is 0 Å². The summed E-state index contributed by atoms with van der Waals surface area (Å²) in [5, 5.41) is 14.6. The molecule has 4 heteroatoms. The van der Waals surface area contributed by atoms with Gasteiger partial charge in [0.2, 0.25) is 0 Å². The lowest BCUT2D eigenvalue weighted by atomic mass is 9.62. The van der Waals surface area contributed by atoms with Crippen molar-refractivity contribution >= 4 is 55.4 Å². The smallest absolute Gasteiger partial charge is 0.0991 e. The van der Waals surface area contributed by atoms with Crippen molar-refractivity contribution in [2.75, 3.05) is 0 Å². The monoisotopic (exact) mass is 627 g/mol. The highest BCUT2D eigenvalue weighted by atomic mass is 32.2. The summed E-state index contributed by atoms with van der Waals surface area (Å²) in [6.07, 6.45) is 0. The Kier molecular flexibility index (Phi) is 5.05. The molecule has 9 aromatic rings. The number of benzene rings is 7. The molecule has 2 aliphatic heterocycles. The molecule has 2 aromatic heterocycles. The second kappa shape index (κ2) is 9.29. The number of fused-ring (bicyclic) bond motifs is 15. The highest BCUT2D eigenvalue weighted by Crippen LogP contribution is 2.61. The molecule has 0 radical (unpaired) electrons. The van der Waals surface area contributed by atoms with Crippen molar-refractivity contribution < 1.29 is 0 Å². The lowest BCUT2D eigenvalue weighted by Crippen LogP contribution is -2.37. The van der Waals surface area contributed by atoms with E-state index in [1.807, 2.05) is 23.9 Å². The molecule has 3 nitrogen and oxygen atoms in total. The fourth-order valence-corrected chi connectivity index (χ4v) is 10.1. The van der Waals surface area contributed by atoms with Crippen LogP contribution in [0.3, 0.4) is 0 Å². The van der Waals surface area contributed by atoms with Gasteiger partial charge in [0.05, 0.1) is 44.8 Å². The molecule has 2 aliphatic rings. The van der Waals surface area contributed by atoms with Crippen LogP contribution in [0, 0.1) is 11.3 Å². The first-order chi connectivity index (χ1) is 23.8. The summed E-state index contributed by atoms with van der Waals surface area (Å²) >= 11 is 1.88. The standard InChI is InChI=1S/C44H25N3S/c45-26-27-20-22-28(23-21-27)46-37-16-5-1-11-30(37)32-24-25-36-43(42(32)46)48-40-19-8-4-14-34(40)44(36)33-13-3-7-18-39(33)47-38-17-6-2-10-29(38)31-12-9-15-35(44)41(31)47/h1-25H. The van der Waals surface area contributed by atoms with Crippen molar-refractivity contribution in [3.63, 3.8) is 0 Å². The van der Waals surface area contributed by atoms with Gasteiger partial charge >= 0.3 is 0 Å². The molecule has 0 saturated heterocycles. The van der Waals surface area contributed by atoms with Gasteiger partial charge < -0.3 is 9.13 Å². The highest BCUT2D eigenvalue weighted by molar-refractivity contribution is 7.99. The fourth-order valence-electron chi connectivity index (χ4n) is 8.78. The zero-order valence-electron chi connectivity index (χ0n) is 25.7. The SMILES string of the molecule is N#Cc1ccc(-n2c3ccccc3c3ccc4c(c32)Sc2ccccc2C42c3ccccc3-n3c4ccccc4c4cccc2c43)cc1. The number of hydrogen-bond donors (Lipinski definition) is 0. The molecule has 0 N–H and O–H groups in total. The van der Waals surface area contributed by atoms with Crippen LogP contribution >= 0.6 is 11.8 Å². The van der Waals surface area contributed by atoms with Crippen molar-refractivity contribution in [3.8, 4) is 17.4 Å². The van der Waals surface area contributed by atoms with Crippen LogP contribution in [-0.2, 0) is 5.41 Å². The molecular formula is C44H25N3S. The molecule has 0 fully saturated rings. The normalized spacial score (nSPS) is 15.9. The lowest BCUT2D eigenvalue weighted by molar-refractivity contribution is 0.691. The Morgan fingerprint density at radius 2 is 1.10 bits per heavy atom. The summed E-state index contributed by atoms with van der Waals surface area (Å²) in [5.41, 5.74) is 12.5. The van der Waals surface area contributed by atoms with Gasteiger partial charge in [0.25, 0.3) is 0 Å². The second-order valence-electron chi connectivity index (χ2n) is 12.8. The van der Waals surface area contributed by atoms with Gasteiger partial charge in [-0.3, -0.25) is 0 Å². The van der Waals surface area contributed by atoms with Crippen molar-refractivity contribution in [3.05, 3.63) is 179 Å².